The van der Waals surface area contributed by atoms with Crippen LogP contribution in [0.5, 0.6) is 0 Å². The molecule has 1 fully saturated rings. The summed E-state index contributed by atoms with van der Waals surface area (Å²) in [5.41, 5.74) is 1.35. The number of hydrogen-bond donors (Lipinski definition) is 1. The molecule has 0 atom stereocenters. The number of aryl methyl sites for hydroxylation is 1. The molecule has 0 bridgehead atoms. The van der Waals surface area contributed by atoms with Crippen molar-refractivity contribution in [2.45, 2.75) is 20.3 Å². The Labute approximate surface area is 190 Å². The van der Waals surface area contributed by atoms with E-state index in [9.17, 15) is 14.4 Å². The Morgan fingerprint density at radius 1 is 1.16 bits per heavy atom. The van der Waals surface area contributed by atoms with E-state index in [4.69, 9.17) is 16.3 Å². The standard InChI is InChI=1S/C22H26ClN3O4S/c1-3-30-22(29)20-15(2)12-19(31-20)24-18(27)14-25-8-5-9-26(11-10-25)21(28)16-6-4-7-17(23)13-16/h4,6-7,12-13H,3,5,8-11,14H2,1-2H3,(H,24,27). The lowest BCUT2D eigenvalue weighted by molar-refractivity contribution is -0.117. The molecule has 0 saturated carbocycles. The Morgan fingerprint density at radius 2 is 1.97 bits per heavy atom. The van der Waals surface area contributed by atoms with E-state index in [0.29, 0.717) is 46.7 Å². The molecule has 1 aromatic carbocycles. The van der Waals surface area contributed by atoms with Crippen LogP contribution >= 0.6 is 22.9 Å². The highest BCUT2D eigenvalue weighted by Crippen LogP contribution is 2.27. The van der Waals surface area contributed by atoms with Gasteiger partial charge in [-0.15, -0.1) is 11.3 Å². The minimum absolute atomic E-state index is 0.0469. The summed E-state index contributed by atoms with van der Waals surface area (Å²) < 4.78 is 5.04. The van der Waals surface area contributed by atoms with Crippen LogP contribution in [0.4, 0.5) is 5.00 Å². The van der Waals surface area contributed by atoms with Gasteiger partial charge in [-0.1, -0.05) is 17.7 Å². The predicted octanol–water partition coefficient (Wildman–Crippen LogP) is 3.67. The van der Waals surface area contributed by atoms with Gasteiger partial charge < -0.3 is 15.0 Å². The van der Waals surface area contributed by atoms with Gasteiger partial charge in [0, 0.05) is 36.8 Å². The summed E-state index contributed by atoms with van der Waals surface area (Å²) in [6.45, 7) is 6.63. The number of ether oxygens (including phenoxy) is 1. The SMILES string of the molecule is CCOC(=O)c1sc(NC(=O)CN2CCCN(C(=O)c3cccc(Cl)c3)CC2)cc1C. The molecular formula is C22H26ClN3O4S. The molecule has 0 aliphatic carbocycles. The van der Waals surface area contributed by atoms with E-state index in [1.54, 1.807) is 42.2 Å². The molecule has 31 heavy (non-hydrogen) atoms. The molecule has 1 saturated heterocycles. The molecular weight excluding hydrogens is 438 g/mol. The number of thiophene rings is 1. The van der Waals surface area contributed by atoms with Crippen molar-refractivity contribution in [1.29, 1.82) is 0 Å². The van der Waals surface area contributed by atoms with Crippen LogP contribution in [0.15, 0.2) is 30.3 Å². The number of nitrogens with zero attached hydrogens (tertiary/aromatic N) is 2. The van der Waals surface area contributed by atoms with Crippen molar-refractivity contribution in [2.24, 2.45) is 0 Å². The fourth-order valence-corrected chi connectivity index (χ4v) is 4.63. The van der Waals surface area contributed by atoms with Crippen LogP contribution in [0.2, 0.25) is 5.02 Å². The molecule has 1 aromatic heterocycles. The van der Waals surface area contributed by atoms with Crippen molar-refractivity contribution in [2.75, 3.05) is 44.6 Å². The Hall–Kier alpha value is -2.42. The summed E-state index contributed by atoms with van der Waals surface area (Å²) in [6.07, 6.45) is 0.782. The zero-order valence-electron chi connectivity index (χ0n) is 17.7. The average Bonchev–Trinajstić information content (AvgIpc) is 2.94. The lowest BCUT2D eigenvalue weighted by atomic mass is 10.2. The number of benzene rings is 1. The fourth-order valence-electron chi connectivity index (χ4n) is 3.46. The largest absolute Gasteiger partial charge is 0.462 e. The minimum atomic E-state index is -0.373. The van der Waals surface area contributed by atoms with Crippen LogP contribution in [0.3, 0.4) is 0 Å². The van der Waals surface area contributed by atoms with Gasteiger partial charge in [-0.3, -0.25) is 14.5 Å². The quantitative estimate of drug-likeness (QED) is 0.661. The maximum Gasteiger partial charge on any atom is 0.348 e. The van der Waals surface area contributed by atoms with E-state index < -0.39 is 0 Å². The third-order valence-electron chi connectivity index (χ3n) is 4.96. The number of esters is 1. The van der Waals surface area contributed by atoms with Crippen LogP contribution in [-0.4, -0.2) is 66.9 Å². The van der Waals surface area contributed by atoms with Gasteiger partial charge in [-0.2, -0.15) is 0 Å². The molecule has 1 N–H and O–H groups in total. The summed E-state index contributed by atoms with van der Waals surface area (Å²) in [5, 5.41) is 4.03. The van der Waals surface area contributed by atoms with Gasteiger partial charge in [0.05, 0.1) is 18.2 Å². The predicted molar refractivity (Wildman–Crippen MR) is 122 cm³/mol. The van der Waals surface area contributed by atoms with E-state index >= 15 is 0 Å². The average molecular weight is 464 g/mol. The third-order valence-corrected chi connectivity index (χ3v) is 6.32. The molecule has 2 aromatic rings. The van der Waals surface area contributed by atoms with Gasteiger partial charge in [-0.05, 0) is 50.1 Å². The highest BCUT2D eigenvalue weighted by atomic mass is 35.5. The van der Waals surface area contributed by atoms with Gasteiger partial charge in [-0.25, -0.2) is 4.79 Å². The molecule has 9 heteroatoms. The number of anilines is 1. The van der Waals surface area contributed by atoms with Crippen LogP contribution in [0, 0.1) is 6.92 Å². The Balaban J connectivity index is 1.53. The first-order valence-electron chi connectivity index (χ1n) is 10.2. The molecule has 0 radical (unpaired) electrons. The fraction of sp³-hybridized carbons (Fsp3) is 0.409. The number of carbonyl (C=O) groups excluding carboxylic acids is 3. The van der Waals surface area contributed by atoms with Gasteiger partial charge in [0.2, 0.25) is 5.91 Å². The van der Waals surface area contributed by atoms with E-state index in [0.717, 1.165) is 18.5 Å². The third kappa shape index (κ3) is 6.29. The van der Waals surface area contributed by atoms with Crippen LogP contribution in [0.25, 0.3) is 0 Å². The van der Waals surface area contributed by atoms with E-state index in [1.165, 1.54) is 11.3 Å². The number of carbonyl (C=O) groups is 3. The topological polar surface area (TPSA) is 79.0 Å². The van der Waals surface area contributed by atoms with Gasteiger partial charge in [0.15, 0.2) is 0 Å². The van der Waals surface area contributed by atoms with Crippen LogP contribution in [-0.2, 0) is 9.53 Å². The van der Waals surface area contributed by atoms with Crippen molar-refractivity contribution in [3.05, 3.63) is 51.4 Å². The van der Waals surface area contributed by atoms with Gasteiger partial charge >= 0.3 is 5.97 Å². The zero-order chi connectivity index (χ0) is 22.4. The summed E-state index contributed by atoms with van der Waals surface area (Å²) in [5.74, 6) is -0.567. The first-order chi connectivity index (χ1) is 14.9. The maximum absolute atomic E-state index is 12.7. The van der Waals surface area contributed by atoms with Crippen molar-refractivity contribution in [3.8, 4) is 0 Å². The Morgan fingerprint density at radius 3 is 2.71 bits per heavy atom. The second-order valence-corrected chi connectivity index (χ2v) is 8.81. The van der Waals surface area contributed by atoms with E-state index in [-0.39, 0.29) is 24.3 Å². The number of amides is 2. The van der Waals surface area contributed by atoms with Gasteiger partial charge in [0.25, 0.3) is 5.91 Å². The van der Waals surface area contributed by atoms with E-state index in [2.05, 4.69) is 5.32 Å². The molecule has 3 rings (SSSR count). The molecule has 0 spiro atoms. The maximum atomic E-state index is 12.7. The summed E-state index contributed by atoms with van der Waals surface area (Å²) in [4.78, 5) is 41.6. The highest BCUT2D eigenvalue weighted by molar-refractivity contribution is 7.18. The van der Waals surface area contributed by atoms with Crippen molar-refractivity contribution in [1.82, 2.24) is 9.80 Å². The highest BCUT2D eigenvalue weighted by Gasteiger charge is 2.22. The van der Waals surface area contributed by atoms with Crippen LogP contribution < -0.4 is 5.32 Å². The summed E-state index contributed by atoms with van der Waals surface area (Å²) >= 11 is 7.22. The van der Waals surface area contributed by atoms with E-state index in [1.807, 2.05) is 11.8 Å². The smallest absolute Gasteiger partial charge is 0.348 e. The van der Waals surface area contributed by atoms with Crippen molar-refractivity contribution in [3.63, 3.8) is 0 Å². The number of nitrogens with one attached hydrogen (secondary N) is 1. The lowest BCUT2D eigenvalue weighted by Gasteiger charge is -2.21. The number of hydrogen-bond acceptors (Lipinski definition) is 6. The normalized spacial score (nSPS) is 14.7. The molecule has 166 valence electrons. The molecule has 1 aliphatic rings. The summed E-state index contributed by atoms with van der Waals surface area (Å²) in [7, 11) is 0. The van der Waals surface area contributed by atoms with Crippen LogP contribution in [0.1, 0.15) is 38.9 Å². The molecule has 2 heterocycles. The second-order valence-electron chi connectivity index (χ2n) is 7.32. The molecule has 0 unspecified atom stereocenters. The number of rotatable bonds is 6. The first-order valence-corrected chi connectivity index (χ1v) is 11.4. The minimum Gasteiger partial charge on any atom is -0.462 e. The molecule has 2 amide bonds. The monoisotopic (exact) mass is 463 g/mol. The lowest BCUT2D eigenvalue weighted by Crippen LogP contribution is -2.38. The number of halogens is 1. The van der Waals surface area contributed by atoms with Crippen molar-refractivity contribution < 1.29 is 19.1 Å². The molecule has 7 nitrogen and oxygen atoms in total. The van der Waals surface area contributed by atoms with Gasteiger partial charge in [0.1, 0.15) is 4.88 Å². The first kappa shape index (κ1) is 23.2. The zero-order valence-corrected chi connectivity index (χ0v) is 19.2. The Bertz CT molecular complexity index is 962. The Kier molecular flexibility index (Phi) is 8.06. The van der Waals surface area contributed by atoms with Crippen molar-refractivity contribution >= 4 is 45.7 Å². The second kappa shape index (κ2) is 10.7. The molecule has 1 aliphatic heterocycles. The summed E-state index contributed by atoms with van der Waals surface area (Å²) in [6, 6.07) is 8.73.